The summed E-state index contributed by atoms with van der Waals surface area (Å²) in [5.41, 5.74) is 5.33. The monoisotopic (exact) mass is 529 g/mol. The average Bonchev–Trinajstić information content (AvgIpc) is 3.38. The predicted octanol–water partition coefficient (Wildman–Crippen LogP) is 4.33. The molecule has 0 spiro atoms. The Balaban J connectivity index is 1.82. The van der Waals surface area contributed by atoms with Gasteiger partial charge in [-0.15, -0.1) is 0 Å². The molecule has 0 radical (unpaired) electrons. The van der Waals surface area contributed by atoms with E-state index in [0.717, 1.165) is 23.1 Å². The van der Waals surface area contributed by atoms with E-state index in [-0.39, 0.29) is 18.1 Å². The minimum Gasteiger partial charge on any atom is -0.463 e. The number of benzene rings is 2. The Hall–Kier alpha value is -3.78. The molecule has 2 aliphatic rings. The molecule has 1 aromatic heterocycles. The Morgan fingerprint density at radius 3 is 2.53 bits per heavy atom. The van der Waals surface area contributed by atoms with Crippen molar-refractivity contribution in [2.75, 3.05) is 11.9 Å². The Morgan fingerprint density at radius 1 is 1.13 bits per heavy atom. The van der Waals surface area contributed by atoms with E-state index in [9.17, 15) is 14.4 Å². The van der Waals surface area contributed by atoms with Gasteiger partial charge in [0, 0.05) is 11.3 Å². The van der Waals surface area contributed by atoms with E-state index in [2.05, 4.69) is 19.2 Å². The molecular weight excluding hydrogens is 498 g/mol. The highest BCUT2D eigenvalue weighted by atomic mass is 32.1. The third-order valence-corrected chi connectivity index (χ3v) is 7.99. The smallest absolute Gasteiger partial charge is 0.338 e. The number of carbonyl (C=O) groups excluding carboxylic acids is 2. The number of nitrogens with one attached hydrogen (secondary N) is 1. The SMILES string of the molecule is CCCC1=C(C(=O)OCC)[C@@H](c2ccc(C(C)C)cc2)n2c(s/c(=C3\C(=O)Nc4ccc(C)cc43)c2=O)=N1. The number of esters is 1. The van der Waals surface area contributed by atoms with Crippen molar-refractivity contribution in [3.63, 3.8) is 0 Å². The van der Waals surface area contributed by atoms with Gasteiger partial charge >= 0.3 is 5.97 Å². The van der Waals surface area contributed by atoms with Crippen LogP contribution in [0.5, 0.6) is 0 Å². The summed E-state index contributed by atoms with van der Waals surface area (Å²) in [4.78, 5) is 45.8. The van der Waals surface area contributed by atoms with Crippen LogP contribution in [-0.2, 0) is 14.3 Å². The summed E-state index contributed by atoms with van der Waals surface area (Å²) in [5.74, 6) is -0.449. The summed E-state index contributed by atoms with van der Waals surface area (Å²) >= 11 is 1.20. The van der Waals surface area contributed by atoms with Crippen LogP contribution in [0.2, 0.25) is 0 Å². The van der Waals surface area contributed by atoms with Crippen molar-refractivity contribution in [1.29, 1.82) is 0 Å². The van der Waals surface area contributed by atoms with Crippen molar-refractivity contribution in [2.45, 2.75) is 59.4 Å². The minimum absolute atomic E-state index is 0.214. The number of thiazole rings is 1. The maximum absolute atomic E-state index is 14.1. The van der Waals surface area contributed by atoms with E-state index in [1.165, 1.54) is 11.3 Å². The van der Waals surface area contributed by atoms with Gasteiger partial charge in [-0.2, -0.15) is 0 Å². The zero-order valence-electron chi connectivity index (χ0n) is 22.3. The lowest BCUT2D eigenvalue weighted by atomic mass is 9.92. The highest BCUT2D eigenvalue weighted by Gasteiger charge is 2.36. The van der Waals surface area contributed by atoms with E-state index in [4.69, 9.17) is 9.73 Å². The lowest BCUT2D eigenvalue weighted by molar-refractivity contribution is -0.139. The molecule has 0 bridgehead atoms. The second-order valence-corrected chi connectivity index (χ2v) is 10.9. The first-order valence-electron chi connectivity index (χ1n) is 13.0. The van der Waals surface area contributed by atoms with Crippen LogP contribution in [0, 0.1) is 6.92 Å². The lowest BCUT2D eigenvalue weighted by Gasteiger charge is -2.26. The molecular formula is C30H31N3O4S. The summed E-state index contributed by atoms with van der Waals surface area (Å²) < 4.78 is 7.35. The highest BCUT2D eigenvalue weighted by molar-refractivity contribution is 7.07. The molecule has 5 rings (SSSR count). The van der Waals surface area contributed by atoms with Gasteiger partial charge in [0.2, 0.25) is 0 Å². The Labute approximate surface area is 225 Å². The number of aryl methyl sites for hydroxylation is 1. The van der Waals surface area contributed by atoms with E-state index in [1.54, 1.807) is 11.5 Å². The first kappa shape index (κ1) is 25.9. The second kappa shape index (κ2) is 10.2. The maximum atomic E-state index is 14.1. The Bertz CT molecular complexity index is 1660. The van der Waals surface area contributed by atoms with Crippen molar-refractivity contribution in [1.82, 2.24) is 4.57 Å². The third-order valence-electron chi connectivity index (χ3n) is 6.93. The summed E-state index contributed by atoms with van der Waals surface area (Å²) in [7, 11) is 0. The molecule has 0 unspecified atom stereocenters. The standard InChI is InChI=1S/C30H31N3O4S/c1-6-8-22-24(29(36)37-7-2)25(19-12-10-18(11-13-19)16(3)4)33-28(35)26(38-30(33)32-22)23-20-15-17(5)9-14-21(20)31-27(23)34/h9-16,25H,6-8H2,1-5H3,(H,31,34)/b26-23-/t25-/m1/s1. The summed E-state index contributed by atoms with van der Waals surface area (Å²) in [6.45, 7) is 10.2. The molecule has 2 aromatic carbocycles. The third kappa shape index (κ3) is 4.32. The number of hydrogen-bond donors (Lipinski definition) is 1. The molecule has 2 aliphatic heterocycles. The van der Waals surface area contributed by atoms with E-state index >= 15 is 0 Å². The van der Waals surface area contributed by atoms with Gasteiger partial charge in [0.15, 0.2) is 4.80 Å². The van der Waals surface area contributed by atoms with Gasteiger partial charge in [-0.25, -0.2) is 9.79 Å². The van der Waals surface area contributed by atoms with Gasteiger partial charge in [0.25, 0.3) is 11.5 Å². The number of carbonyl (C=O) groups is 2. The van der Waals surface area contributed by atoms with E-state index < -0.39 is 12.0 Å². The van der Waals surface area contributed by atoms with Crippen molar-refractivity contribution in [2.24, 2.45) is 4.99 Å². The van der Waals surface area contributed by atoms with Crippen molar-refractivity contribution < 1.29 is 14.3 Å². The van der Waals surface area contributed by atoms with Crippen molar-refractivity contribution in [3.8, 4) is 0 Å². The largest absolute Gasteiger partial charge is 0.463 e. The number of ether oxygens (including phenoxy) is 1. The Kier molecular flexibility index (Phi) is 6.92. The fourth-order valence-corrected chi connectivity index (χ4v) is 6.17. The zero-order chi connectivity index (χ0) is 27.1. The second-order valence-electron chi connectivity index (χ2n) is 9.93. The topological polar surface area (TPSA) is 89.8 Å². The number of hydrogen-bond acceptors (Lipinski definition) is 6. The number of fused-ring (bicyclic) bond motifs is 2. The quantitative estimate of drug-likeness (QED) is 0.482. The van der Waals surface area contributed by atoms with Crippen LogP contribution in [0.25, 0.3) is 5.57 Å². The molecule has 1 amide bonds. The van der Waals surface area contributed by atoms with Crippen LogP contribution in [0.15, 0.2) is 63.5 Å². The first-order valence-corrected chi connectivity index (χ1v) is 13.8. The molecule has 0 fully saturated rings. The normalized spacial score (nSPS) is 17.7. The van der Waals surface area contributed by atoms with Crippen LogP contribution < -0.4 is 20.2 Å². The molecule has 3 heterocycles. The fourth-order valence-electron chi connectivity index (χ4n) is 5.06. The van der Waals surface area contributed by atoms with Gasteiger partial charge in [-0.3, -0.25) is 14.2 Å². The molecule has 38 heavy (non-hydrogen) atoms. The Morgan fingerprint density at radius 2 is 1.87 bits per heavy atom. The average molecular weight is 530 g/mol. The van der Waals surface area contributed by atoms with Crippen LogP contribution in [-0.4, -0.2) is 23.1 Å². The highest BCUT2D eigenvalue weighted by Crippen LogP contribution is 2.34. The van der Waals surface area contributed by atoms with Gasteiger partial charge in [0.1, 0.15) is 4.53 Å². The summed E-state index contributed by atoms with van der Waals surface area (Å²) in [5, 5.41) is 2.88. The zero-order valence-corrected chi connectivity index (χ0v) is 23.1. The molecule has 196 valence electrons. The van der Waals surface area contributed by atoms with Crippen LogP contribution >= 0.6 is 11.3 Å². The maximum Gasteiger partial charge on any atom is 0.338 e. The van der Waals surface area contributed by atoms with E-state index in [0.29, 0.717) is 49.8 Å². The summed E-state index contributed by atoms with van der Waals surface area (Å²) in [6.07, 6.45) is 1.34. The number of anilines is 1. The number of aromatic nitrogens is 1. The molecule has 1 atom stereocenters. The van der Waals surface area contributed by atoms with Gasteiger partial charge in [0.05, 0.1) is 29.5 Å². The van der Waals surface area contributed by atoms with Gasteiger partial charge in [-0.05, 0) is 49.4 Å². The first-order chi connectivity index (χ1) is 18.2. The van der Waals surface area contributed by atoms with Gasteiger partial charge < -0.3 is 10.1 Å². The van der Waals surface area contributed by atoms with Crippen molar-refractivity contribution in [3.05, 3.63) is 95.7 Å². The number of allylic oxidation sites excluding steroid dienone is 1. The molecule has 1 N–H and O–H groups in total. The van der Waals surface area contributed by atoms with E-state index in [1.807, 2.05) is 56.3 Å². The van der Waals surface area contributed by atoms with Crippen LogP contribution in [0.1, 0.15) is 74.8 Å². The number of amides is 1. The lowest BCUT2D eigenvalue weighted by Crippen LogP contribution is -2.40. The molecule has 7 nitrogen and oxygen atoms in total. The fraction of sp³-hybridized carbons (Fsp3) is 0.333. The molecule has 0 aliphatic carbocycles. The minimum atomic E-state index is -0.705. The molecule has 0 saturated heterocycles. The summed E-state index contributed by atoms with van der Waals surface area (Å²) in [6, 6.07) is 13.0. The predicted molar refractivity (Wildman–Crippen MR) is 149 cm³/mol. The van der Waals surface area contributed by atoms with Crippen molar-refractivity contribution >= 4 is 34.5 Å². The molecule has 0 saturated carbocycles. The van der Waals surface area contributed by atoms with Crippen LogP contribution in [0.4, 0.5) is 5.69 Å². The molecule has 3 aromatic rings. The number of rotatable bonds is 6. The molecule has 8 heteroatoms. The van der Waals surface area contributed by atoms with Gasteiger partial charge in [-0.1, -0.05) is 74.4 Å². The number of nitrogens with zero attached hydrogens (tertiary/aromatic N) is 2. The van der Waals surface area contributed by atoms with Crippen LogP contribution in [0.3, 0.4) is 0 Å².